The second-order valence-corrected chi connectivity index (χ2v) is 8.32. The number of benzene rings is 2. The molecule has 2 aromatic carbocycles. The van der Waals surface area contributed by atoms with Crippen molar-refractivity contribution in [2.24, 2.45) is 0 Å². The summed E-state index contributed by atoms with van der Waals surface area (Å²) in [6.07, 6.45) is 0. The quantitative estimate of drug-likeness (QED) is 0.669. The molecular formula is C19H20N4O4S. The molecule has 3 rings (SSSR count). The van der Waals surface area contributed by atoms with E-state index in [1.165, 1.54) is 19.2 Å². The monoisotopic (exact) mass is 400 g/mol. The standard InChI is InChI=1S/C19H20N4O4S/c1-13-7-6-10-15(11-13)28(26,27)22(2)16-17(20)23(19(25)21-18(16)24)12-14-8-4-3-5-9-14/h3-11H,12,20H2,1-2H3,(H,21,24,25). The van der Waals surface area contributed by atoms with Crippen molar-refractivity contribution in [2.45, 2.75) is 18.4 Å². The van der Waals surface area contributed by atoms with Crippen LogP contribution in [0.25, 0.3) is 0 Å². The molecule has 8 nitrogen and oxygen atoms in total. The van der Waals surface area contributed by atoms with Crippen LogP contribution in [0.3, 0.4) is 0 Å². The summed E-state index contributed by atoms with van der Waals surface area (Å²) < 4.78 is 27.9. The Bertz CT molecular complexity index is 1230. The molecule has 0 radical (unpaired) electrons. The van der Waals surface area contributed by atoms with Crippen molar-refractivity contribution in [2.75, 3.05) is 17.1 Å². The number of rotatable bonds is 5. The molecule has 9 heteroatoms. The van der Waals surface area contributed by atoms with Crippen molar-refractivity contribution in [3.05, 3.63) is 86.6 Å². The largest absolute Gasteiger partial charge is 0.383 e. The van der Waals surface area contributed by atoms with Crippen LogP contribution in [0.5, 0.6) is 0 Å². The number of aromatic amines is 1. The average Bonchev–Trinajstić information content (AvgIpc) is 2.65. The number of nitrogens with one attached hydrogen (secondary N) is 1. The van der Waals surface area contributed by atoms with Gasteiger partial charge in [0.25, 0.3) is 15.6 Å². The van der Waals surface area contributed by atoms with Gasteiger partial charge in [-0.1, -0.05) is 42.5 Å². The number of hydrogen-bond donors (Lipinski definition) is 2. The van der Waals surface area contributed by atoms with Gasteiger partial charge in [-0.15, -0.1) is 0 Å². The van der Waals surface area contributed by atoms with E-state index in [2.05, 4.69) is 4.98 Å². The number of H-pyrrole nitrogens is 1. The lowest BCUT2D eigenvalue weighted by molar-refractivity contribution is 0.593. The molecule has 0 saturated carbocycles. The Balaban J connectivity index is 2.12. The Morgan fingerprint density at radius 2 is 1.75 bits per heavy atom. The summed E-state index contributed by atoms with van der Waals surface area (Å²) >= 11 is 0. The van der Waals surface area contributed by atoms with Crippen LogP contribution in [0.15, 0.2) is 69.1 Å². The van der Waals surface area contributed by atoms with Gasteiger partial charge in [-0.2, -0.15) is 0 Å². The van der Waals surface area contributed by atoms with E-state index in [0.29, 0.717) is 0 Å². The van der Waals surface area contributed by atoms with Crippen molar-refractivity contribution in [3.8, 4) is 0 Å². The molecule has 3 aromatic rings. The van der Waals surface area contributed by atoms with Gasteiger partial charge in [0, 0.05) is 7.05 Å². The number of nitrogens with two attached hydrogens (primary N) is 1. The fourth-order valence-electron chi connectivity index (χ4n) is 2.86. The third kappa shape index (κ3) is 3.56. The molecule has 3 N–H and O–H groups in total. The Morgan fingerprint density at radius 3 is 2.39 bits per heavy atom. The average molecular weight is 400 g/mol. The molecule has 1 heterocycles. The van der Waals surface area contributed by atoms with Crippen LogP contribution in [0.1, 0.15) is 11.1 Å². The summed E-state index contributed by atoms with van der Waals surface area (Å²) in [5.41, 5.74) is 5.72. The highest BCUT2D eigenvalue weighted by molar-refractivity contribution is 7.92. The first-order valence-electron chi connectivity index (χ1n) is 8.44. The van der Waals surface area contributed by atoms with E-state index >= 15 is 0 Å². The molecule has 0 fully saturated rings. The van der Waals surface area contributed by atoms with E-state index in [1.54, 1.807) is 43.3 Å². The highest BCUT2D eigenvalue weighted by atomic mass is 32.2. The predicted molar refractivity (Wildman–Crippen MR) is 108 cm³/mol. The lowest BCUT2D eigenvalue weighted by Crippen LogP contribution is -2.39. The summed E-state index contributed by atoms with van der Waals surface area (Å²) in [4.78, 5) is 26.8. The number of aromatic nitrogens is 2. The fraction of sp³-hybridized carbons (Fsp3) is 0.158. The van der Waals surface area contributed by atoms with Crippen LogP contribution in [-0.2, 0) is 16.6 Å². The topological polar surface area (TPSA) is 118 Å². The molecule has 0 bridgehead atoms. The fourth-order valence-corrected chi connectivity index (χ4v) is 4.18. The molecular weight excluding hydrogens is 380 g/mol. The van der Waals surface area contributed by atoms with E-state index in [-0.39, 0.29) is 22.9 Å². The lowest BCUT2D eigenvalue weighted by Gasteiger charge is -2.22. The lowest BCUT2D eigenvalue weighted by atomic mass is 10.2. The van der Waals surface area contributed by atoms with E-state index < -0.39 is 21.3 Å². The third-order valence-electron chi connectivity index (χ3n) is 4.36. The molecule has 1 aromatic heterocycles. The minimum Gasteiger partial charge on any atom is -0.383 e. The maximum Gasteiger partial charge on any atom is 0.330 e. The molecule has 0 unspecified atom stereocenters. The summed E-state index contributed by atoms with van der Waals surface area (Å²) in [7, 11) is -2.81. The van der Waals surface area contributed by atoms with Crippen molar-refractivity contribution in [1.82, 2.24) is 9.55 Å². The first kappa shape index (κ1) is 19.4. The summed E-state index contributed by atoms with van der Waals surface area (Å²) in [6.45, 7) is 1.86. The van der Waals surface area contributed by atoms with E-state index in [9.17, 15) is 18.0 Å². The van der Waals surface area contributed by atoms with Crippen LogP contribution in [0.4, 0.5) is 11.5 Å². The summed E-state index contributed by atoms with van der Waals surface area (Å²) in [5, 5.41) is 0. The number of anilines is 2. The molecule has 28 heavy (non-hydrogen) atoms. The Labute approximate surface area is 161 Å². The number of sulfonamides is 1. The minimum absolute atomic E-state index is 0.0228. The maximum absolute atomic E-state index is 13.0. The molecule has 0 spiro atoms. The summed E-state index contributed by atoms with van der Waals surface area (Å²) in [5.74, 6) is -0.226. The van der Waals surface area contributed by atoms with Gasteiger partial charge in [0.2, 0.25) is 0 Å². The Kier molecular flexibility index (Phi) is 5.10. The first-order chi connectivity index (χ1) is 13.2. The van der Waals surface area contributed by atoms with Crippen molar-refractivity contribution in [1.29, 1.82) is 0 Å². The van der Waals surface area contributed by atoms with Crippen molar-refractivity contribution < 1.29 is 8.42 Å². The SMILES string of the molecule is Cc1cccc(S(=O)(=O)N(C)c2c(N)n(Cc3ccccc3)c(=O)[nH]c2=O)c1. The van der Waals surface area contributed by atoms with Gasteiger partial charge in [-0.05, 0) is 30.2 Å². The van der Waals surface area contributed by atoms with Gasteiger partial charge in [-0.25, -0.2) is 13.2 Å². The smallest absolute Gasteiger partial charge is 0.330 e. The summed E-state index contributed by atoms with van der Waals surface area (Å²) in [6, 6.07) is 15.3. The van der Waals surface area contributed by atoms with Gasteiger partial charge in [0.15, 0.2) is 5.69 Å². The highest BCUT2D eigenvalue weighted by Crippen LogP contribution is 2.24. The third-order valence-corrected chi connectivity index (χ3v) is 6.11. The zero-order chi connectivity index (χ0) is 20.5. The molecule has 0 amide bonds. The maximum atomic E-state index is 13.0. The predicted octanol–water partition coefficient (Wildman–Crippen LogP) is 1.30. The van der Waals surface area contributed by atoms with E-state index in [0.717, 1.165) is 20.0 Å². The van der Waals surface area contributed by atoms with Gasteiger partial charge in [0.05, 0.1) is 11.4 Å². The van der Waals surface area contributed by atoms with Gasteiger partial charge >= 0.3 is 5.69 Å². The first-order valence-corrected chi connectivity index (χ1v) is 9.88. The van der Waals surface area contributed by atoms with Gasteiger partial charge in [-0.3, -0.25) is 18.7 Å². The zero-order valence-electron chi connectivity index (χ0n) is 15.4. The zero-order valence-corrected chi connectivity index (χ0v) is 16.2. The molecule has 0 saturated heterocycles. The van der Waals surface area contributed by atoms with E-state index in [4.69, 9.17) is 5.73 Å². The molecule has 0 atom stereocenters. The van der Waals surface area contributed by atoms with Crippen LogP contribution in [0.2, 0.25) is 0 Å². The second-order valence-electron chi connectivity index (χ2n) is 6.35. The van der Waals surface area contributed by atoms with Crippen molar-refractivity contribution in [3.63, 3.8) is 0 Å². The molecule has 146 valence electrons. The van der Waals surface area contributed by atoms with Crippen LogP contribution in [0, 0.1) is 6.92 Å². The number of nitrogen functional groups attached to an aromatic ring is 1. The highest BCUT2D eigenvalue weighted by Gasteiger charge is 2.27. The number of hydrogen-bond acceptors (Lipinski definition) is 5. The molecule has 0 aliphatic carbocycles. The Morgan fingerprint density at radius 1 is 1.07 bits per heavy atom. The minimum atomic E-state index is -4.04. The molecule has 0 aliphatic rings. The second kappa shape index (κ2) is 7.35. The molecule has 0 aliphatic heterocycles. The van der Waals surface area contributed by atoms with E-state index in [1.807, 2.05) is 6.07 Å². The number of nitrogens with zero attached hydrogens (tertiary/aromatic N) is 2. The van der Waals surface area contributed by atoms with Gasteiger partial charge in [0.1, 0.15) is 5.82 Å². The van der Waals surface area contributed by atoms with Crippen LogP contribution >= 0.6 is 0 Å². The van der Waals surface area contributed by atoms with Crippen LogP contribution < -0.4 is 21.3 Å². The Hall–Kier alpha value is -3.33. The number of aryl methyl sites for hydroxylation is 1. The van der Waals surface area contributed by atoms with Gasteiger partial charge < -0.3 is 5.73 Å². The van der Waals surface area contributed by atoms with Crippen LogP contribution in [-0.4, -0.2) is 25.0 Å². The van der Waals surface area contributed by atoms with Crippen molar-refractivity contribution >= 4 is 21.5 Å². The normalized spacial score (nSPS) is 11.4.